The van der Waals surface area contributed by atoms with E-state index >= 15 is 0 Å². The largest absolute Gasteiger partial charge is 0.550 e. The number of carboxylic acid groups (broad SMARTS) is 1. The number of amides is 1. The van der Waals surface area contributed by atoms with Gasteiger partial charge in [0, 0.05) is 25.0 Å². The van der Waals surface area contributed by atoms with Crippen molar-refractivity contribution >= 4 is 11.9 Å². The van der Waals surface area contributed by atoms with Gasteiger partial charge in [-0.2, -0.15) is 0 Å². The van der Waals surface area contributed by atoms with Crippen molar-refractivity contribution in [3.8, 4) is 0 Å². The summed E-state index contributed by atoms with van der Waals surface area (Å²) in [6, 6.07) is 3.61. The standard InChI is InChI=1S/C19H23NO5/c21-18(16-12-5-6-13(9-12)17(16)19(22)23)20(10-14-3-1-7-24-14)11-15-4-2-8-25-15/h1,3,5-7,12-13,15-17H,2,4,8-11H2,(H,22,23)/p-1/t12-,13-,15+,16+,17-/m1/s1. The van der Waals surface area contributed by atoms with Crippen molar-refractivity contribution in [1.82, 2.24) is 4.90 Å². The van der Waals surface area contributed by atoms with Crippen LogP contribution in [0, 0.1) is 23.7 Å². The van der Waals surface area contributed by atoms with Crippen molar-refractivity contribution in [3.05, 3.63) is 36.3 Å². The molecule has 134 valence electrons. The fraction of sp³-hybridized carbons (Fsp3) is 0.579. The molecule has 4 rings (SSSR count). The average molecular weight is 344 g/mol. The summed E-state index contributed by atoms with van der Waals surface area (Å²) in [6.45, 7) is 1.52. The zero-order valence-electron chi connectivity index (χ0n) is 14.0. The van der Waals surface area contributed by atoms with Crippen LogP contribution in [0.3, 0.4) is 0 Å². The molecule has 6 nitrogen and oxygen atoms in total. The molecule has 1 aromatic heterocycles. The molecule has 2 aliphatic carbocycles. The third kappa shape index (κ3) is 3.11. The molecule has 0 aromatic carbocycles. The second-order valence-electron chi connectivity index (χ2n) is 7.25. The van der Waals surface area contributed by atoms with E-state index in [2.05, 4.69) is 0 Å². The molecule has 0 radical (unpaired) electrons. The molecule has 1 saturated heterocycles. The molecule has 1 aromatic rings. The Balaban J connectivity index is 1.55. The van der Waals surface area contributed by atoms with Crippen LogP contribution in [0.15, 0.2) is 35.0 Å². The van der Waals surface area contributed by atoms with E-state index in [1.165, 1.54) is 0 Å². The zero-order chi connectivity index (χ0) is 17.4. The number of aliphatic carboxylic acids is 1. The smallest absolute Gasteiger partial charge is 0.227 e. The minimum absolute atomic E-state index is 0.00875. The lowest BCUT2D eigenvalue weighted by Crippen LogP contribution is -2.47. The Hall–Kier alpha value is -2.08. The molecule has 2 bridgehead atoms. The van der Waals surface area contributed by atoms with E-state index in [-0.39, 0.29) is 23.8 Å². The predicted octanol–water partition coefficient (Wildman–Crippen LogP) is 0.975. The van der Waals surface area contributed by atoms with Crippen molar-refractivity contribution in [2.24, 2.45) is 23.7 Å². The first kappa shape index (κ1) is 16.4. The number of rotatable bonds is 6. The zero-order valence-corrected chi connectivity index (χ0v) is 14.0. The Morgan fingerprint density at radius 3 is 2.68 bits per heavy atom. The third-order valence-electron chi connectivity index (χ3n) is 5.70. The van der Waals surface area contributed by atoms with Gasteiger partial charge < -0.3 is 24.0 Å². The number of ether oxygens (including phenoxy) is 1. The highest BCUT2D eigenvalue weighted by atomic mass is 16.5. The number of hydrogen-bond acceptors (Lipinski definition) is 5. The molecule has 3 aliphatic rings. The predicted molar refractivity (Wildman–Crippen MR) is 85.8 cm³/mol. The second kappa shape index (κ2) is 6.67. The van der Waals surface area contributed by atoms with Crippen molar-refractivity contribution in [2.75, 3.05) is 13.2 Å². The number of fused-ring (bicyclic) bond motifs is 2. The van der Waals surface area contributed by atoms with E-state index in [4.69, 9.17) is 9.15 Å². The average Bonchev–Trinajstić information content (AvgIpc) is 3.36. The van der Waals surface area contributed by atoms with Crippen molar-refractivity contribution in [2.45, 2.75) is 31.9 Å². The van der Waals surface area contributed by atoms with Crippen LogP contribution in [-0.4, -0.2) is 36.0 Å². The van der Waals surface area contributed by atoms with Crippen LogP contribution in [0.2, 0.25) is 0 Å². The van der Waals surface area contributed by atoms with Crippen LogP contribution in [0.4, 0.5) is 0 Å². The molecular formula is C19H22NO5-. The van der Waals surface area contributed by atoms with Gasteiger partial charge in [-0.05, 0) is 43.2 Å². The van der Waals surface area contributed by atoms with Crippen LogP contribution < -0.4 is 5.11 Å². The molecule has 0 unspecified atom stereocenters. The molecule has 1 saturated carbocycles. The van der Waals surface area contributed by atoms with Crippen molar-refractivity contribution < 1.29 is 23.8 Å². The van der Waals surface area contributed by atoms with Crippen LogP contribution in [0.1, 0.15) is 25.0 Å². The molecule has 2 heterocycles. The number of carboxylic acids is 1. The van der Waals surface area contributed by atoms with E-state index in [9.17, 15) is 14.7 Å². The van der Waals surface area contributed by atoms with Gasteiger partial charge in [-0.1, -0.05) is 12.2 Å². The quantitative estimate of drug-likeness (QED) is 0.718. The topological polar surface area (TPSA) is 82.8 Å². The maximum atomic E-state index is 13.3. The number of allylic oxidation sites excluding steroid dienone is 2. The molecule has 1 amide bonds. The summed E-state index contributed by atoms with van der Waals surface area (Å²) in [5.74, 6) is -1.93. The summed E-state index contributed by atoms with van der Waals surface area (Å²) >= 11 is 0. The van der Waals surface area contributed by atoms with Gasteiger partial charge in [0.15, 0.2) is 0 Å². The first-order valence-corrected chi connectivity index (χ1v) is 8.95. The van der Waals surface area contributed by atoms with Crippen LogP contribution in [0.25, 0.3) is 0 Å². The Kier molecular flexibility index (Phi) is 4.37. The Labute approximate surface area is 146 Å². The van der Waals surface area contributed by atoms with E-state index < -0.39 is 17.8 Å². The highest BCUT2D eigenvalue weighted by Crippen LogP contribution is 2.48. The lowest BCUT2D eigenvalue weighted by molar-refractivity contribution is -0.313. The lowest BCUT2D eigenvalue weighted by atomic mass is 9.82. The van der Waals surface area contributed by atoms with Gasteiger partial charge >= 0.3 is 0 Å². The Bertz CT molecular complexity index is 661. The van der Waals surface area contributed by atoms with E-state index in [1.54, 1.807) is 17.2 Å². The normalized spacial score (nSPS) is 33.0. The van der Waals surface area contributed by atoms with Gasteiger partial charge in [-0.25, -0.2) is 0 Å². The van der Waals surface area contributed by atoms with Gasteiger partial charge in [0.25, 0.3) is 0 Å². The Morgan fingerprint density at radius 2 is 2.04 bits per heavy atom. The monoisotopic (exact) mass is 344 g/mol. The van der Waals surface area contributed by atoms with Crippen molar-refractivity contribution in [3.63, 3.8) is 0 Å². The molecule has 2 fully saturated rings. The number of carbonyl (C=O) groups is 2. The lowest BCUT2D eigenvalue weighted by Gasteiger charge is -2.33. The second-order valence-corrected chi connectivity index (χ2v) is 7.25. The highest BCUT2D eigenvalue weighted by molar-refractivity contribution is 5.86. The molecule has 25 heavy (non-hydrogen) atoms. The molecule has 0 N–H and O–H groups in total. The first-order chi connectivity index (χ1) is 12.1. The summed E-state index contributed by atoms with van der Waals surface area (Å²) in [4.78, 5) is 26.6. The summed E-state index contributed by atoms with van der Waals surface area (Å²) < 4.78 is 11.1. The first-order valence-electron chi connectivity index (χ1n) is 8.95. The minimum Gasteiger partial charge on any atom is -0.550 e. The molecule has 6 heteroatoms. The molecule has 0 spiro atoms. The highest BCUT2D eigenvalue weighted by Gasteiger charge is 2.50. The molecular weight excluding hydrogens is 322 g/mol. The number of hydrogen-bond donors (Lipinski definition) is 0. The molecule has 5 atom stereocenters. The fourth-order valence-electron chi connectivity index (χ4n) is 4.55. The fourth-order valence-corrected chi connectivity index (χ4v) is 4.55. The molecule has 1 aliphatic heterocycles. The van der Waals surface area contributed by atoms with Gasteiger partial charge in [-0.3, -0.25) is 4.79 Å². The van der Waals surface area contributed by atoms with E-state index in [1.807, 2.05) is 18.2 Å². The van der Waals surface area contributed by atoms with Gasteiger partial charge in [0.05, 0.1) is 24.8 Å². The van der Waals surface area contributed by atoms with Crippen LogP contribution >= 0.6 is 0 Å². The number of furan rings is 1. The summed E-state index contributed by atoms with van der Waals surface area (Å²) in [6.07, 6.45) is 8.14. The van der Waals surface area contributed by atoms with Gasteiger partial charge in [-0.15, -0.1) is 0 Å². The van der Waals surface area contributed by atoms with Crippen molar-refractivity contribution in [1.29, 1.82) is 0 Å². The number of nitrogens with zero attached hydrogens (tertiary/aromatic N) is 1. The maximum absolute atomic E-state index is 13.3. The summed E-state index contributed by atoms with van der Waals surface area (Å²) in [5, 5.41) is 11.6. The summed E-state index contributed by atoms with van der Waals surface area (Å²) in [7, 11) is 0. The van der Waals surface area contributed by atoms with Gasteiger partial charge in [0.2, 0.25) is 5.91 Å². The third-order valence-corrected chi connectivity index (χ3v) is 5.70. The van der Waals surface area contributed by atoms with E-state index in [0.29, 0.717) is 25.5 Å². The van der Waals surface area contributed by atoms with Crippen LogP contribution in [0.5, 0.6) is 0 Å². The van der Waals surface area contributed by atoms with Crippen LogP contribution in [-0.2, 0) is 20.9 Å². The minimum atomic E-state index is -1.12. The summed E-state index contributed by atoms with van der Waals surface area (Å²) in [5.41, 5.74) is 0. The van der Waals surface area contributed by atoms with E-state index in [0.717, 1.165) is 19.3 Å². The maximum Gasteiger partial charge on any atom is 0.227 e. The van der Waals surface area contributed by atoms with Gasteiger partial charge in [0.1, 0.15) is 5.76 Å². The Morgan fingerprint density at radius 1 is 1.24 bits per heavy atom. The number of carbonyl (C=O) groups excluding carboxylic acids is 2. The SMILES string of the molecule is O=C([O-])[C@H]1[C@@H](C(=O)N(Cc2ccco2)C[C@@H]2CCCO2)[C@@H]2C=C[C@@H]1C2.